The van der Waals surface area contributed by atoms with Crippen LogP contribution < -0.4 is 0 Å². The van der Waals surface area contributed by atoms with Crippen molar-refractivity contribution in [2.45, 2.75) is 44.9 Å². The molecule has 3 atom stereocenters. The number of hydrogen-bond acceptors (Lipinski definition) is 4. The Balaban J connectivity index is 1.60. The maximum absolute atomic E-state index is 14.5. The maximum Gasteiger partial charge on any atom is 0.176 e. The number of halogens is 1. The predicted octanol–water partition coefficient (Wildman–Crippen LogP) is 7.01. The molecule has 2 aromatic heterocycles. The predicted molar refractivity (Wildman–Crippen MR) is 148 cm³/mol. The van der Waals surface area contributed by atoms with Crippen molar-refractivity contribution >= 4 is 5.78 Å². The van der Waals surface area contributed by atoms with Crippen LogP contribution in [0.1, 0.15) is 44.5 Å². The zero-order valence-electron chi connectivity index (χ0n) is 22.1. The van der Waals surface area contributed by atoms with Gasteiger partial charge in [-0.05, 0) is 72.7 Å². The first-order chi connectivity index (χ1) is 18.9. The molecule has 0 N–H and O–H groups in total. The van der Waals surface area contributed by atoms with Gasteiger partial charge in [-0.25, -0.2) is 9.37 Å². The Kier molecular flexibility index (Phi) is 6.23. The molecule has 194 valence electrons. The number of allylic oxidation sites excluding steroid dienone is 2. The van der Waals surface area contributed by atoms with E-state index in [2.05, 4.69) is 41.6 Å². The summed E-state index contributed by atoms with van der Waals surface area (Å²) in [5, 5.41) is 9.87. The number of ketones is 1. The minimum atomic E-state index is -0.581. The lowest BCUT2D eigenvalue weighted by Crippen LogP contribution is -2.46. The summed E-state index contributed by atoms with van der Waals surface area (Å²) in [6.07, 6.45) is 8.53. The van der Waals surface area contributed by atoms with E-state index in [4.69, 9.17) is 4.98 Å². The number of hydrogen-bond donors (Lipinski definition) is 0. The number of aromatic nitrogens is 3. The van der Waals surface area contributed by atoms with Gasteiger partial charge in [-0.2, -0.15) is 5.26 Å². The lowest BCUT2D eigenvalue weighted by Gasteiger charge is -2.45. The van der Waals surface area contributed by atoms with E-state index in [1.165, 1.54) is 12.1 Å². The highest BCUT2D eigenvalue weighted by atomic mass is 19.1. The van der Waals surface area contributed by atoms with Gasteiger partial charge in [0.2, 0.25) is 0 Å². The molecule has 0 aliphatic heterocycles. The molecule has 0 unspecified atom stereocenters. The van der Waals surface area contributed by atoms with Gasteiger partial charge in [-0.15, -0.1) is 0 Å². The lowest BCUT2D eigenvalue weighted by atomic mass is 9.57. The summed E-state index contributed by atoms with van der Waals surface area (Å²) in [6.45, 7) is 4.19. The molecule has 2 aliphatic rings. The third-order valence-electron chi connectivity index (χ3n) is 8.40. The maximum atomic E-state index is 14.5. The second kappa shape index (κ2) is 9.74. The van der Waals surface area contributed by atoms with Gasteiger partial charge in [-0.1, -0.05) is 50.6 Å². The van der Waals surface area contributed by atoms with Gasteiger partial charge in [0, 0.05) is 35.0 Å². The van der Waals surface area contributed by atoms with Gasteiger partial charge in [0.1, 0.15) is 17.7 Å². The van der Waals surface area contributed by atoms with Crippen molar-refractivity contribution in [3.05, 3.63) is 102 Å². The van der Waals surface area contributed by atoms with Crippen molar-refractivity contribution in [3.63, 3.8) is 0 Å². The van der Waals surface area contributed by atoms with Crippen LogP contribution in [0.2, 0.25) is 0 Å². The van der Waals surface area contributed by atoms with E-state index in [0.29, 0.717) is 12.1 Å². The molecule has 2 aromatic carbocycles. The van der Waals surface area contributed by atoms with Crippen molar-refractivity contribution in [1.82, 2.24) is 14.5 Å². The molecule has 2 heterocycles. The molecular formula is C33H29FN4O. The fourth-order valence-corrected chi connectivity index (χ4v) is 6.63. The summed E-state index contributed by atoms with van der Waals surface area (Å²) >= 11 is 0. The number of fused-ring (bicyclic) bond motifs is 3. The molecule has 0 fully saturated rings. The summed E-state index contributed by atoms with van der Waals surface area (Å²) in [5.74, 6) is 0.218. The van der Waals surface area contributed by atoms with Crippen molar-refractivity contribution in [3.8, 4) is 34.3 Å². The van der Waals surface area contributed by atoms with Gasteiger partial charge < -0.3 is 0 Å². The van der Waals surface area contributed by atoms with Crippen LogP contribution in [0.15, 0.2) is 84.7 Å². The summed E-state index contributed by atoms with van der Waals surface area (Å²) in [7, 11) is 0. The van der Waals surface area contributed by atoms with Gasteiger partial charge in [0.25, 0.3) is 0 Å². The number of benzene rings is 2. The Morgan fingerprint density at radius 3 is 2.59 bits per heavy atom. The first kappa shape index (κ1) is 24.9. The SMILES string of the molecule is CCC[C@H]1C(=O)C(C#N)=C[C@@]2(C)c3nc(-c4cccc(-c5ccncc5)c4)n(-c4cccc(F)c4)c3CC[C@H]12. The van der Waals surface area contributed by atoms with E-state index >= 15 is 0 Å². The van der Waals surface area contributed by atoms with Crippen molar-refractivity contribution in [2.24, 2.45) is 11.8 Å². The Morgan fingerprint density at radius 2 is 1.85 bits per heavy atom. The van der Waals surface area contributed by atoms with Crippen LogP contribution in [0.4, 0.5) is 4.39 Å². The molecule has 0 bridgehead atoms. The average molecular weight is 517 g/mol. The van der Waals surface area contributed by atoms with E-state index in [0.717, 1.165) is 53.2 Å². The normalized spacial score (nSPS) is 22.0. The molecule has 0 spiro atoms. The fourth-order valence-electron chi connectivity index (χ4n) is 6.63. The van der Waals surface area contributed by atoms with Crippen LogP contribution in [-0.2, 0) is 16.6 Å². The summed E-state index contributed by atoms with van der Waals surface area (Å²) < 4.78 is 16.6. The molecule has 39 heavy (non-hydrogen) atoms. The van der Waals surface area contributed by atoms with Gasteiger partial charge >= 0.3 is 0 Å². The van der Waals surface area contributed by atoms with E-state index in [-0.39, 0.29) is 29.0 Å². The number of nitriles is 1. The number of nitrogens with zero attached hydrogens (tertiary/aromatic N) is 4. The molecule has 0 amide bonds. The standard InChI is InChI=1S/C33H29FN4O/c1-3-6-27-28-11-12-29-31(33(28,2)19-24(20-35)30(27)39)37-32(38(29)26-10-5-9-25(34)18-26)23-8-4-7-22(17-23)21-13-15-36-16-14-21/h4-5,7-10,13-19,27-28H,3,6,11-12H2,1-2H3/t27-,28-,33-/m1/s1. The molecule has 6 heteroatoms. The minimum absolute atomic E-state index is 0.0416. The Hall–Kier alpha value is -4.37. The van der Waals surface area contributed by atoms with Gasteiger partial charge in [0.15, 0.2) is 5.78 Å². The minimum Gasteiger partial charge on any atom is -0.296 e. The van der Waals surface area contributed by atoms with Gasteiger partial charge in [0.05, 0.1) is 17.0 Å². The Bertz CT molecular complexity index is 1650. The topological polar surface area (TPSA) is 71.6 Å². The number of Topliss-reactive ketones (excluding diaryl/α,β-unsaturated/α-hetero) is 1. The third kappa shape index (κ3) is 4.10. The van der Waals surface area contributed by atoms with Crippen molar-refractivity contribution < 1.29 is 9.18 Å². The average Bonchev–Trinajstić information content (AvgIpc) is 3.36. The zero-order chi connectivity index (χ0) is 27.1. The number of pyridine rings is 1. The van der Waals surface area contributed by atoms with E-state index in [1.54, 1.807) is 18.5 Å². The van der Waals surface area contributed by atoms with Gasteiger partial charge in [-0.3, -0.25) is 14.3 Å². The third-order valence-corrected chi connectivity index (χ3v) is 8.40. The van der Waals surface area contributed by atoms with E-state index < -0.39 is 5.41 Å². The van der Waals surface area contributed by atoms with Crippen LogP contribution >= 0.6 is 0 Å². The quantitative estimate of drug-likeness (QED) is 0.286. The number of carbonyl (C=O) groups is 1. The molecule has 4 aromatic rings. The molecule has 5 nitrogen and oxygen atoms in total. The molecule has 6 rings (SSSR count). The van der Waals surface area contributed by atoms with Crippen LogP contribution in [0.5, 0.6) is 0 Å². The summed E-state index contributed by atoms with van der Waals surface area (Å²) in [6, 6.07) is 20.9. The summed E-state index contributed by atoms with van der Waals surface area (Å²) in [4.78, 5) is 22.6. The zero-order valence-corrected chi connectivity index (χ0v) is 22.1. The van der Waals surface area contributed by atoms with E-state index in [1.807, 2.05) is 36.4 Å². The first-order valence-corrected chi connectivity index (χ1v) is 13.5. The molecule has 0 radical (unpaired) electrons. The van der Waals surface area contributed by atoms with Crippen LogP contribution in [0.25, 0.3) is 28.2 Å². The molecule has 0 saturated heterocycles. The smallest absolute Gasteiger partial charge is 0.176 e. The Morgan fingerprint density at radius 1 is 1.08 bits per heavy atom. The van der Waals surface area contributed by atoms with Crippen molar-refractivity contribution in [2.75, 3.05) is 0 Å². The molecule has 2 aliphatic carbocycles. The summed E-state index contributed by atoms with van der Waals surface area (Å²) in [5.41, 5.74) is 5.20. The van der Waals surface area contributed by atoms with Crippen LogP contribution in [0, 0.1) is 29.0 Å². The van der Waals surface area contributed by atoms with E-state index in [9.17, 15) is 14.4 Å². The van der Waals surface area contributed by atoms with Crippen molar-refractivity contribution in [1.29, 1.82) is 5.26 Å². The highest BCUT2D eigenvalue weighted by molar-refractivity contribution is 6.02. The molecule has 0 saturated carbocycles. The lowest BCUT2D eigenvalue weighted by molar-refractivity contribution is -0.122. The number of rotatable bonds is 5. The largest absolute Gasteiger partial charge is 0.296 e. The number of carbonyl (C=O) groups excluding carboxylic acids is 1. The first-order valence-electron chi connectivity index (χ1n) is 13.5. The second-order valence-electron chi connectivity index (χ2n) is 10.7. The number of imidazole rings is 1. The monoisotopic (exact) mass is 516 g/mol. The van der Waals surface area contributed by atoms with Crippen LogP contribution in [-0.4, -0.2) is 20.3 Å². The second-order valence-corrected chi connectivity index (χ2v) is 10.7. The highest BCUT2D eigenvalue weighted by Gasteiger charge is 2.51. The Labute approximate surface area is 227 Å². The van der Waals surface area contributed by atoms with Crippen LogP contribution in [0.3, 0.4) is 0 Å². The highest BCUT2D eigenvalue weighted by Crippen LogP contribution is 2.52. The molecular weight excluding hydrogens is 487 g/mol. The fraction of sp³-hybridized carbons (Fsp3) is 0.273.